The molecule has 31 heavy (non-hydrogen) atoms. The highest BCUT2D eigenvalue weighted by molar-refractivity contribution is 6.14. The topological polar surface area (TPSA) is 54.0 Å². The van der Waals surface area contributed by atoms with E-state index in [1.165, 1.54) is 0 Å². The van der Waals surface area contributed by atoms with Crippen LogP contribution in [0.15, 0.2) is 73.0 Å². The molecule has 1 aliphatic heterocycles. The molecule has 1 aliphatic rings. The Hall–Kier alpha value is -3.99. The molecule has 0 spiro atoms. The first kappa shape index (κ1) is 20.3. The van der Waals surface area contributed by atoms with Gasteiger partial charge in [0.05, 0.1) is 19.8 Å². The normalized spacial score (nSPS) is 13.5. The number of hydrogen-bond donors (Lipinski definition) is 0. The van der Waals surface area contributed by atoms with Crippen LogP contribution in [0.25, 0.3) is 12.2 Å². The van der Waals surface area contributed by atoms with Gasteiger partial charge in [0, 0.05) is 11.6 Å². The average molecular weight is 414 g/mol. The Morgan fingerprint density at radius 2 is 1.81 bits per heavy atom. The van der Waals surface area contributed by atoms with Crippen molar-refractivity contribution in [2.45, 2.75) is 6.61 Å². The molecule has 5 nitrogen and oxygen atoms in total. The van der Waals surface area contributed by atoms with E-state index in [-0.39, 0.29) is 11.5 Å². The van der Waals surface area contributed by atoms with Gasteiger partial charge in [0.15, 0.2) is 17.3 Å². The highest BCUT2D eigenvalue weighted by Crippen LogP contribution is 2.37. The summed E-state index contributed by atoms with van der Waals surface area (Å²) >= 11 is 0. The first-order valence-corrected chi connectivity index (χ1v) is 9.76. The van der Waals surface area contributed by atoms with Crippen LogP contribution in [0, 0.1) is 0 Å². The zero-order chi connectivity index (χ0) is 21.8. The number of carbonyl (C=O) groups excluding carboxylic acids is 1. The minimum absolute atomic E-state index is 0.188. The van der Waals surface area contributed by atoms with Crippen molar-refractivity contribution in [3.05, 3.63) is 95.3 Å². The number of allylic oxidation sites excluding steroid dienone is 1. The second kappa shape index (κ2) is 8.79. The SMILES string of the molecule is C=Cc1ccc(COc2ccc3c(c2)O/C(=C/c2cccc(OC)c2OC)C3=O)cc1. The quantitative estimate of drug-likeness (QED) is 0.475. The fourth-order valence-corrected chi connectivity index (χ4v) is 3.34. The molecule has 0 bridgehead atoms. The van der Waals surface area contributed by atoms with Gasteiger partial charge >= 0.3 is 0 Å². The summed E-state index contributed by atoms with van der Waals surface area (Å²) in [6, 6.07) is 18.6. The summed E-state index contributed by atoms with van der Waals surface area (Å²) in [5.41, 5.74) is 3.28. The first-order chi connectivity index (χ1) is 15.1. The van der Waals surface area contributed by atoms with Crippen LogP contribution in [0.3, 0.4) is 0 Å². The van der Waals surface area contributed by atoms with E-state index in [0.29, 0.717) is 40.7 Å². The van der Waals surface area contributed by atoms with Crippen LogP contribution < -0.4 is 18.9 Å². The largest absolute Gasteiger partial charge is 0.493 e. The molecule has 3 aromatic carbocycles. The Kier molecular flexibility index (Phi) is 5.76. The third-order valence-corrected chi connectivity index (χ3v) is 4.98. The molecule has 0 fully saturated rings. The predicted octanol–water partition coefficient (Wildman–Crippen LogP) is 5.54. The van der Waals surface area contributed by atoms with Crippen molar-refractivity contribution in [1.82, 2.24) is 0 Å². The smallest absolute Gasteiger partial charge is 0.231 e. The number of Topliss-reactive ketones (excluding diaryl/α,β-unsaturated/α-hetero) is 1. The summed E-state index contributed by atoms with van der Waals surface area (Å²) in [7, 11) is 3.12. The maximum atomic E-state index is 12.8. The zero-order valence-electron chi connectivity index (χ0n) is 17.4. The lowest BCUT2D eigenvalue weighted by Crippen LogP contribution is -1.99. The van der Waals surface area contributed by atoms with Crippen LogP contribution in [0.4, 0.5) is 0 Å². The van der Waals surface area contributed by atoms with E-state index in [1.807, 2.05) is 36.4 Å². The molecule has 0 saturated heterocycles. The van der Waals surface area contributed by atoms with Crippen LogP contribution >= 0.6 is 0 Å². The second-order valence-corrected chi connectivity index (χ2v) is 6.91. The lowest BCUT2D eigenvalue weighted by atomic mass is 10.1. The van der Waals surface area contributed by atoms with Gasteiger partial charge in [-0.3, -0.25) is 4.79 Å². The maximum absolute atomic E-state index is 12.8. The van der Waals surface area contributed by atoms with Crippen LogP contribution in [-0.2, 0) is 6.61 Å². The Morgan fingerprint density at radius 1 is 1.00 bits per heavy atom. The Labute approximate surface area is 181 Å². The van der Waals surface area contributed by atoms with Gasteiger partial charge in [-0.2, -0.15) is 0 Å². The Morgan fingerprint density at radius 3 is 2.52 bits per heavy atom. The van der Waals surface area contributed by atoms with E-state index in [4.69, 9.17) is 18.9 Å². The molecule has 0 atom stereocenters. The van der Waals surface area contributed by atoms with Gasteiger partial charge in [-0.05, 0) is 35.4 Å². The Bertz CT molecular complexity index is 1160. The van der Waals surface area contributed by atoms with Crippen LogP contribution in [0.5, 0.6) is 23.0 Å². The summed E-state index contributed by atoms with van der Waals surface area (Å²) in [4.78, 5) is 12.8. The van der Waals surface area contributed by atoms with Gasteiger partial charge < -0.3 is 18.9 Å². The molecule has 0 aliphatic carbocycles. The van der Waals surface area contributed by atoms with Crippen LogP contribution in [-0.4, -0.2) is 20.0 Å². The summed E-state index contributed by atoms with van der Waals surface area (Å²) in [6.07, 6.45) is 3.46. The van der Waals surface area contributed by atoms with Gasteiger partial charge in [0.1, 0.15) is 18.1 Å². The highest BCUT2D eigenvalue weighted by Gasteiger charge is 2.28. The molecule has 156 valence electrons. The molecule has 1 heterocycles. The lowest BCUT2D eigenvalue weighted by molar-refractivity contribution is 0.101. The van der Waals surface area contributed by atoms with Crippen molar-refractivity contribution in [2.24, 2.45) is 0 Å². The van der Waals surface area contributed by atoms with Crippen molar-refractivity contribution in [1.29, 1.82) is 0 Å². The van der Waals surface area contributed by atoms with E-state index in [9.17, 15) is 4.79 Å². The van der Waals surface area contributed by atoms with Gasteiger partial charge in [-0.15, -0.1) is 0 Å². The van der Waals surface area contributed by atoms with Crippen molar-refractivity contribution in [3.63, 3.8) is 0 Å². The van der Waals surface area contributed by atoms with Gasteiger partial charge in [-0.1, -0.05) is 49.1 Å². The third kappa shape index (κ3) is 4.16. The second-order valence-electron chi connectivity index (χ2n) is 6.91. The number of para-hydroxylation sites is 1. The molecule has 0 saturated carbocycles. The van der Waals surface area contributed by atoms with Crippen molar-refractivity contribution >= 4 is 17.9 Å². The summed E-state index contributed by atoms with van der Waals surface area (Å²) in [6.45, 7) is 4.16. The molecule has 3 aromatic rings. The number of carbonyl (C=O) groups is 1. The van der Waals surface area contributed by atoms with Crippen molar-refractivity contribution < 1.29 is 23.7 Å². The number of methoxy groups -OCH3 is 2. The fourth-order valence-electron chi connectivity index (χ4n) is 3.34. The van der Waals surface area contributed by atoms with Crippen LogP contribution in [0.1, 0.15) is 27.0 Å². The standard InChI is InChI=1S/C26H22O5/c1-4-17-8-10-18(11-9-17)16-30-20-12-13-21-23(15-20)31-24(25(21)27)14-19-6-5-7-22(28-2)26(19)29-3/h4-15H,1,16H2,2-3H3/b24-14+. The summed E-state index contributed by atoms with van der Waals surface area (Å²) < 4.78 is 22.5. The number of fused-ring (bicyclic) bond motifs is 1. The number of ketones is 1. The number of benzene rings is 3. The zero-order valence-corrected chi connectivity index (χ0v) is 17.4. The minimum Gasteiger partial charge on any atom is -0.493 e. The summed E-state index contributed by atoms with van der Waals surface area (Å²) in [5, 5.41) is 0. The van der Waals surface area contributed by atoms with E-state index in [2.05, 4.69) is 6.58 Å². The van der Waals surface area contributed by atoms with Gasteiger partial charge in [-0.25, -0.2) is 0 Å². The molecular weight excluding hydrogens is 392 g/mol. The van der Waals surface area contributed by atoms with Gasteiger partial charge in [0.25, 0.3) is 0 Å². The molecule has 5 heteroatoms. The minimum atomic E-state index is -0.188. The van der Waals surface area contributed by atoms with E-state index >= 15 is 0 Å². The van der Waals surface area contributed by atoms with Crippen molar-refractivity contribution in [3.8, 4) is 23.0 Å². The number of hydrogen-bond acceptors (Lipinski definition) is 5. The Balaban J connectivity index is 1.53. The predicted molar refractivity (Wildman–Crippen MR) is 120 cm³/mol. The fraction of sp³-hybridized carbons (Fsp3) is 0.115. The molecule has 0 unspecified atom stereocenters. The van der Waals surface area contributed by atoms with E-state index in [0.717, 1.165) is 11.1 Å². The van der Waals surface area contributed by atoms with E-state index < -0.39 is 0 Å². The molecule has 0 aromatic heterocycles. The maximum Gasteiger partial charge on any atom is 0.231 e. The lowest BCUT2D eigenvalue weighted by Gasteiger charge is -2.10. The molecular formula is C26H22O5. The van der Waals surface area contributed by atoms with Gasteiger partial charge in [0.2, 0.25) is 5.78 Å². The molecule has 4 rings (SSSR count). The average Bonchev–Trinajstić information content (AvgIpc) is 3.12. The molecule has 0 amide bonds. The highest BCUT2D eigenvalue weighted by atomic mass is 16.5. The summed E-state index contributed by atoms with van der Waals surface area (Å²) in [5.74, 6) is 2.25. The number of ether oxygens (including phenoxy) is 4. The van der Waals surface area contributed by atoms with Crippen molar-refractivity contribution in [2.75, 3.05) is 14.2 Å². The van der Waals surface area contributed by atoms with Crippen LogP contribution in [0.2, 0.25) is 0 Å². The third-order valence-electron chi connectivity index (χ3n) is 4.98. The first-order valence-electron chi connectivity index (χ1n) is 9.76. The monoisotopic (exact) mass is 414 g/mol. The van der Waals surface area contributed by atoms with E-state index in [1.54, 1.807) is 50.6 Å². The molecule has 0 radical (unpaired) electrons. The number of rotatable bonds is 7. The molecule has 0 N–H and O–H groups in total.